The molecule has 0 aromatic rings. The minimum atomic E-state index is -0.155. The number of rotatable bonds is 10. The molecule has 0 unspecified atom stereocenters. The Morgan fingerprint density at radius 2 is 1.53 bits per heavy atom. The van der Waals surface area contributed by atoms with Gasteiger partial charge in [-0.3, -0.25) is 4.79 Å². The lowest BCUT2D eigenvalue weighted by Crippen LogP contribution is -2.06. The monoisotopic (exact) mass is 278 g/mol. The van der Waals surface area contributed by atoms with Crippen LogP contribution in [0.4, 0.5) is 0 Å². The van der Waals surface area contributed by atoms with Crippen LogP contribution < -0.4 is 0 Å². The first-order valence-electron chi connectivity index (χ1n) is 6.02. The zero-order chi connectivity index (χ0) is 11.4. The molecular formula is C12H23BrO2. The van der Waals surface area contributed by atoms with Gasteiger partial charge >= 0.3 is 5.97 Å². The third kappa shape index (κ3) is 11.9. The van der Waals surface area contributed by atoms with E-state index in [1.807, 2.05) is 0 Å². The molecule has 0 atom stereocenters. The SMILES string of the molecule is CCCCCCCCCCOC(=O)CBr. The van der Waals surface area contributed by atoms with Gasteiger partial charge in [0.05, 0.1) is 6.61 Å². The number of ether oxygens (including phenoxy) is 1. The lowest BCUT2D eigenvalue weighted by atomic mass is 10.1. The van der Waals surface area contributed by atoms with Crippen LogP contribution in [0.25, 0.3) is 0 Å². The Kier molecular flexibility index (Phi) is 12.0. The van der Waals surface area contributed by atoms with Crippen molar-refractivity contribution in [1.82, 2.24) is 0 Å². The molecule has 90 valence electrons. The van der Waals surface area contributed by atoms with E-state index in [9.17, 15) is 4.79 Å². The fraction of sp³-hybridized carbons (Fsp3) is 0.917. The number of alkyl halides is 1. The molecule has 0 saturated carbocycles. The number of hydrogen-bond donors (Lipinski definition) is 0. The number of carbonyl (C=O) groups is 1. The van der Waals surface area contributed by atoms with Gasteiger partial charge in [-0.25, -0.2) is 0 Å². The molecule has 0 aromatic heterocycles. The van der Waals surface area contributed by atoms with Crippen molar-refractivity contribution in [2.75, 3.05) is 11.9 Å². The number of esters is 1. The maximum atomic E-state index is 10.7. The van der Waals surface area contributed by atoms with Crippen molar-refractivity contribution >= 4 is 21.9 Å². The molecule has 0 N–H and O–H groups in total. The lowest BCUT2D eigenvalue weighted by Gasteiger charge is -2.03. The molecule has 0 aromatic carbocycles. The van der Waals surface area contributed by atoms with Crippen LogP contribution in [-0.4, -0.2) is 17.9 Å². The molecule has 0 saturated heterocycles. The molecule has 0 bridgehead atoms. The van der Waals surface area contributed by atoms with Crippen molar-refractivity contribution in [3.63, 3.8) is 0 Å². The maximum Gasteiger partial charge on any atom is 0.316 e. The molecule has 0 aliphatic rings. The summed E-state index contributed by atoms with van der Waals surface area (Å²) in [5.41, 5.74) is 0. The Labute approximate surface area is 102 Å². The zero-order valence-corrected chi connectivity index (χ0v) is 11.4. The summed E-state index contributed by atoms with van der Waals surface area (Å²) < 4.78 is 4.95. The summed E-state index contributed by atoms with van der Waals surface area (Å²) in [6, 6.07) is 0. The number of unbranched alkanes of at least 4 members (excludes halogenated alkanes) is 7. The van der Waals surface area contributed by atoms with Gasteiger partial charge in [0.2, 0.25) is 0 Å². The summed E-state index contributed by atoms with van der Waals surface area (Å²) in [5.74, 6) is -0.155. The molecular weight excluding hydrogens is 256 g/mol. The second-order valence-corrected chi connectivity index (χ2v) is 4.39. The van der Waals surface area contributed by atoms with Crippen molar-refractivity contribution in [2.45, 2.75) is 58.3 Å². The van der Waals surface area contributed by atoms with Crippen molar-refractivity contribution < 1.29 is 9.53 Å². The van der Waals surface area contributed by atoms with Crippen LogP contribution in [0.1, 0.15) is 58.3 Å². The first kappa shape index (κ1) is 14.9. The molecule has 0 rings (SSSR count). The predicted octanol–water partition coefficient (Wildman–Crippen LogP) is 4.07. The summed E-state index contributed by atoms with van der Waals surface area (Å²) in [5, 5.41) is 0.310. The van der Waals surface area contributed by atoms with Gasteiger partial charge < -0.3 is 4.74 Å². The maximum absolute atomic E-state index is 10.7. The van der Waals surface area contributed by atoms with Crippen LogP contribution in [0.3, 0.4) is 0 Å². The highest BCUT2D eigenvalue weighted by Crippen LogP contribution is 2.08. The van der Waals surface area contributed by atoms with E-state index in [0.717, 1.165) is 6.42 Å². The minimum absolute atomic E-state index is 0.155. The van der Waals surface area contributed by atoms with Crippen molar-refractivity contribution in [1.29, 1.82) is 0 Å². The van der Waals surface area contributed by atoms with Gasteiger partial charge in [0.1, 0.15) is 5.33 Å². The molecule has 2 nitrogen and oxygen atoms in total. The fourth-order valence-electron chi connectivity index (χ4n) is 1.46. The Morgan fingerprint density at radius 3 is 2.07 bits per heavy atom. The summed E-state index contributed by atoms with van der Waals surface area (Å²) in [4.78, 5) is 10.7. The predicted molar refractivity (Wildman–Crippen MR) is 67.4 cm³/mol. The van der Waals surface area contributed by atoms with E-state index in [0.29, 0.717) is 11.9 Å². The standard InChI is InChI=1S/C12H23BrO2/c1-2-3-4-5-6-7-8-9-10-15-12(14)11-13/h2-11H2,1H3. The van der Waals surface area contributed by atoms with Gasteiger partial charge in [-0.05, 0) is 6.42 Å². The zero-order valence-electron chi connectivity index (χ0n) is 9.77. The second kappa shape index (κ2) is 12.0. The normalized spacial score (nSPS) is 10.3. The van der Waals surface area contributed by atoms with Crippen LogP contribution >= 0.6 is 15.9 Å². The van der Waals surface area contributed by atoms with Crippen LogP contribution in [0.2, 0.25) is 0 Å². The fourth-order valence-corrected chi connectivity index (χ4v) is 1.62. The molecule has 0 heterocycles. The third-order valence-corrected chi connectivity index (χ3v) is 2.83. The molecule has 0 spiro atoms. The largest absolute Gasteiger partial charge is 0.465 e. The van der Waals surface area contributed by atoms with Gasteiger partial charge in [0.15, 0.2) is 0 Å². The van der Waals surface area contributed by atoms with Gasteiger partial charge in [-0.15, -0.1) is 0 Å². The van der Waals surface area contributed by atoms with E-state index in [1.54, 1.807) is 0 Å². The van der Waals surface area contributed by atoms with Gasteiger partial charge in [-0.1, -0.05) is 67.8 Å². The average Bonchev–Trinajstić information content (AvgIpc) is 2.26. The van der Waals surface area contributed by atoms with Crippen LogP contribution in [0, 0.1) is 0 Å². The molecule has 3 heteroatoms. The van der Waals surface area contributed by atoms with E-state index < -0.39 is 0 Å². The van der Waals surface area contributed by atoms with Gasteiger partial charge in [0, 0.05) is 0 Å². The third-order valence-electron chi connectivity index (χ3n) is 2.37. The van der Waals surface area contributed by atoms with Crippen LogP contribution in [0.15, 0.2) is 0 Å². The van der Waals surface area contributed by atoms with E-state index in [2.05, 4.69) is 22.9 Å². The average molecular weight is 279 g/mol. The second-order valence-electron chi connectivity index (χ2n) is 3.83. The Hall–Kier alpha value is -0.0500. The topological polar surface area (TPSA) is 26.3 Å². The Balaban J connectivity index is 2.95. The quantitative estimate of drug-likeness (QED) is 0.342. The molecule has 0 aliphatic carbocycles. The van der Waals surface area contributed by atoms with E-state index in [-0.39, 0.29) is 5.97 Å². The van der Waals surface area contributed by atoms with E-state index in [4.69, 9.17) is 4.74 Å². The summed E-state index contributed by atoms with van der Waals surface area (Å²) in [7, 11) is 0. The lowest BCUT2D eigenvalue weighted by molar-refractivity contribution is -0.140. The highest BCUT2D eigenvalue weighted by atomic mass is 79.9. The number of carbonyl (C=O) groups excluding carboxylic acids is 1. The van der Waals surface area contributed by atoms with Crippen molar-refractivity contribution in [2.24, 2.45) is 0 Å². The number of hydrogen-bond acceptors (Lipinski definition) is 2. The van der Waals surface area contributed by atoms with E-state index in [1.165, 1.54) is 44.9 Å². The Bertz CT molecular complexity index is 149. The van der Waals surface area contributed by atoms with Gasteiger partial charge in [0.25, 0.3) is 0 Å². The van der Waals surface area contributed by atoms with Crippen molar-refractivity contribution in [3.05, 3.63) is 0 Å². The molecule has 0 amide bonds. The summed E-state index contributed by atoms with van der Waals surface area (Å²) in [6.07, 6.45) is 10.2. The summed E-state index contributed by atoms with van der Waals surface area (Å²) >= 11 is 3.06. The van der Waals surface area contributed by atoms with Crippen LogP contribution in [0.5, 0.6) is 0 Å². The first-order chi connectivity index (χ1) is 7.31. The summed E-state index contributed by atoms with van der Waals surface area (Å²) in [6.45, 7) is 2.82. The van der Waals surface area contributed by atoms with Gasteiger partial charge in [-0.2, -0.15) is 0 Å². The minimum Gasteiger partial charge on any atom is -0.465 e. The Morgan fingerprint density at radius 1 is 1.00 bits per heavy atom. The highest BCUT2D eigenvalue weighted by Gasteiger charge is 1.98. The van der Waals surface area contributed by atoms with E-state index >= 15 is 0 Å². The number of halogens is 1. The molecule has 0 fully saturated rings. The van der Waals surface area contributed by atoms with Crippen LogP contribution in [-0.2, 0) is 9.53 Å². The molecule has 0 aliphatic heterocycles. The smallest absolute Gasteiger partial charge is 0.316 e. The first-order valence-corrected chi connectivity index (χ1v) is 7.15. The van der Waals surface area contributed by atoms with Crippen molar-refractivity contribution in [3.8, 4) is 0 Å². The molecule has 0 radical (unpaired) electrons. The molecule has 15 heavy (non-hydrogen) atoms. The highest BCUT2D eigenvalue weighted by molar-refractivity contribution is 9.09.